The quantitative estimate of drug-likeness (QED) is 0.452. The summed E-state index contributed by atoms with van der Waals surface area (Å²) in [7, 11) is 0. The third kappa shape index (κ3) is 6.69. The van der Waals surface area contributed by atoms with Crippen LogP contribution in [0.2, 0.25) is 0 Å². The van der Waals surface area contributed by atoms with Crippen molar-refractivity contribution in [3.63, 3.8) is 0 Å². The van der Waals surface area contributed by atoms with Gasteiger partial charge in [0.05, 0.1) is 19.6 Å². The van der Waals surface area contributed by atoms with Gasteiger partial charge in [0, 0.05) is 50.3 Å². The van der Waals surface area contributed by atoms with Crippen molar-refractivity contribution in [3.05, 3.63) is 0 Å². The van der Waals surface area contributed by atoms with Gasteiger partial charge < -0.3 is 20.6 Å². The Hall–Kier alpha value is -1.75. The predicted octanol–water partition coefficient (Wildman–Crippen LogP) is -0.693. The van der Waals surface area contributed by atoms with Crippen LogP contribution in [-0.4, -0.2) is 118 Å². The Bertz CT molecular complexity index is 566. The van der Waals surface area contributed by atoms with Gasteiger partial charge in [-0.1, -0.05) is 0 Å². The van der Waals surface area contributed by atoms with Crippen molar-refractivity contribution >= 4 is 17.9 Å². The van der Waals surface area contributed by atoms with Crippen LogP contribution in [0, 0.1) is 0 Å². The summed E-state index contributed by atoms with van der Waals surface area (Å²) in [6.45, 7) is 10.0. The second-order valence-electron chi connectivity index (χ2n) is 8.17. The van der Waals surface area contributed by atoms with E-state index in [4.69, 9.17) is 5.11 Å². The second-order valence-corrected chi connectivity index (χ2v) is 8.17. The highest BCUT2D eigenvalue weighted by atomic mass is 16.4. The molecule has 1 saturated heterocycles. The normalized spacial score (nSPS) is 22.7. The molecule has 0 unspecified atom stereocenters. The van der Waals surface area contributed by atoms with Gasteiger partial charge >= 0.3 is 17.9 Å². The average molecular weight is 402 g/mol. The maximum absolute atomic E-state index is 11.5. The molecule has 10 nitrogen and oxygen atoms in total. The van der Waals surface area contributed by atoms with E-state index in [1.165, 1.54) is 0 Å². The minimum atomic E-state index is -0.979. The first kappa shape index (κ1) is 24.3. The molecule has 4 N–H and O–H groups in total. The number of aliphatic carboxylic acids is 3. The Labute approximate surface area is 166 Å². The van der Waals surface area contributed by atoms with Crippen molar-refractivity contribution in [2.75, 3.05) is 58.9 Å². The third-order valence-electron chi connectivity index (χ3n) is 5.94. The number of hydrogen-bond acceptors (Lipinski definition) is 7. The van der Waals surface area contributed by atoms with Crippen LogP contribution in [0.3, 0.4) is 0 Å². The minimum Gasteiger partial charge on any atom is -0.480 e. The van der Waals surface area contributed by atoms with Crippen molar-refractivity contribution in [2.45, 2.75) is 38.8 Å². The molecule has 162 valence electrons. The van der Waals surface area contributed by atoms with Crippen LogP contribution >= 0.6 is 0 Å². The number of nitrogens with one attached hydrogen (secondary N) is 1. The molecule has 1 aliphatic heterocycles. The topological polar surface area (TPSA) is 134 Å². The average Bonchev–Trinajstić information content (AvgIpc) is 2.54. The molecule has 0 aromatic carbocycles. The molecular formula is C18H34N4O6. The Morgan fingerprint density at radius 3 is 1.61 bits per heavy atom. The van der Waals surface area contributed by atoms with Gasteiger partial charge in [-0.2, -0.15) is 0 Å². The molecule has 0 aromatic rings. The zero-order valence-corrected chi connectivity index (χ0v) is 17.3. The highest BCUT2D eigenvalue weighted by molar-refractivity contribution is 5.70. The van der Waals surface area contributed by atoms with Crippen LogP contribution < -0.4 is 5.32 Å². The molecule has 1 heterocycles. The lowest BCUT2D eigenvalue weighted by atomic mass is 9.79. The van der Waals surface area contributed by atoms with E-state index < -0.39 is 29.0 Å². The summed E-state index contributed by atoms with van der Waals surface area (Å²) in [6.07, 6.45) is 0. The van der Waals surface area contributed by atoms with Crippen molar-refractivity contribution in [2.24, 2.45) is 0 Å². The number of carboxylic acids is 3. The molecule has 0 saturated carbocycles. The fraction of sp³-hybridized carbons (Fsp3) is 0.833. The maximum Gasteiger partial charge on any atom is 0.317 e. The largest absolute Gasteiger partial charge is 0.480 e. The standard InChI is InChI=1S/C18H34N4O6/c1-17(2)18(3,4)22(13-16(27)28)10-9-20(11-14(23)24)7-5-19-6-8-21(17)12-15(25)26/h19H,5-13H2,1-4H3,(H,23,24)(H,25,26)(H,27,28). The molecule has 0 bridgehead atoms. The third-order valence-corrected chi connectivity index (χ3v) is 5.94. The van der Waals surface area contributed by atoms with Crippen LogP contribution in [0.25, 0.3) is 0 Å². The highest BCUT2D eigenvalue weighted by Crippen LogP contribution is 2.33. The van der Waals surface area contributed by atoms with Crippen molar-refractivity contribution in [1.82, 2.24) is 20.0 Å². The molecule has 0 radical (unpaired) electrons. The monoisotopic (exact) mass is 402 g/mol. The van der Waals surface area contributed by atoms with Gasteiger partial charge in [-0.05, 0) is 27.7 Å². The number of carbonyl (C=O) groups is 3. The Morgan fingerprint density at radius 1 is 0.714 bits per heavy atom. The molecule has 28 heavy (non-hydrogen) atoms. The Morgan fingerprint density at radius 2 is 1.14 bits per heavy atom. The van der Waals surface area contributed by atoms with Crippen LogP contribution in [0.5, 0.6) is 0 Å². The molecule has 0 amide bonds. The fourth-order valence-electron chi connectivity index (χ4n) is 3.51. The molecular weight excluding hydrogens is 368 g/mol. The lowest BCUT2D eigenvalue weighted by Gasteiger charge is -2.54. The van der Waals surface area contributed by atoms with Gasteiger partial charge in [-0.3, -0.25) is 29.1 Å². The smallest absolute Gasteiger partial charge is 0.317 e. The second kappa shape index (κ2) is 10.1. The summed E-state index contributed by atoms with van der Waals surface area (Å²) in [5.41, 5.74) is -1.34. The molecule has 1 fully saturated rings. The van der Waals surface area contributed by atoms with E-state index in [0.717, 1.165) is 0 Å². The SMILES string of the molecule is CC1(C)N(CC(=O)O)CCNCCN(CC(=O)O)CCN(CC(=O)O)C1(C)C. The summed E-state index contributed by atoms with van der Waals surface area (Å²) in [5.74, 6) is -2.84. The van der Waals surface area contributed by atoms with Crippen molar-refractivity contribution in [3.8, 4) is 0 Å². The van der Waals surface area contributed by atoms with Crippen molar-refractivity contribution in [1.29, 1.82) is 0 Å². The van der Waals surface area contributed by atoms with E-state index in [2.05, 4.69) is 5.32 Å². The minimum absolute atomic E-state index is 0.114. The summed E-state index contributed by atoms with van der Waals surface area (Å²) < 4.78 is 0. The van der Waals surface area contributed by atoms with Gasteiger partial charge in [-0.15, -0.1) is 0 Å². The zero-order chi connectivity index (χ0) is 21.5. The van der Waals surface area contributed by atoms with Gasteiger partial charge in [0.2, 0.25) is 0 Å². The van der Waals surface area contributed by atoms with Gasteiger partial charge in [0.1, 0.15) is 0 Å². The number of rotatable bonds is 6. The van der Waals surface area contributed by atoms with Gasteiger partial charge in [-0.25, -0.2) is 0 Å². The van der Waals surface area contributed by atoms with Crippen LogP contribution in [0.15, 0.2) is 0 Å². The lowest BCUT2D eigenvalue weighted by molar-refractivity contribution is -0.147. The molecule has 0 spiro atoms. The molecule has 1 aliphatic rings. The number of carboxylic acid groups (broad SMARTS) is 3. The number of nitrogens with zero attached hydrogens (tertiary/aromatic N) is 3. The van der Waals surface area contributed by atoms with E-state index in [0.29, 0.717) is 39.3 Å². The zero-order valence-electron chi connectivity index (χ0n) is 17.3. The molecule has 0 atom stereocenters. The fourth-order valence-corrected chi connectivity index (χ4v) is 3.51. The first-order valence-electron chi connectivity index (χ1n) is 9.46. The summed E-state index contributed by atoms with van der Waals surface area (Å²) >= 11 is 0. The predicted molar refractivity (Wildman–Crippen MR) is 104 cm³/mol. The Balaban J connectivity index is 3.21. The van der Waals surface area contributed by atoms with E-state index in [1.54, 1.807) is 9.80 Å². The first-order valence-corrected chi connectivity index (χ1v) is 9.46. The van der Waals surface area contributed by atoms with Crippen LogP contribution in [-0.2, 0) is 14.4 Å². The van der Waals surface area contributed by atoms with E-state index in [9.17, 15) is 24.6 Å². The summed E-state index contributed by atoms with van der Waals surface area (Å²) in [4.78, 5) is 39.5. The first-order chi connectivity index (χ1) is 12.9. The van der Waals surface area contributed by atoms with Crippen molar-refractivity contribution < 1.29 is 29.7 Å². The highest BCUT2D eigenvalue weighted by Gasteiger charge is 2.46. The van der Waals surface area contributed by atoms with Gasteiger partial charge in [0.15, 0.2) is 0 Å². The molecule has 0 aromatic heterocycles. The summed E-state index contributed by atoms with van der Waals surface area (Å²) in [5, 5.41) is 31.1. The van der Waals surface area contributed by atoms with Crippen LogP contribution in [0.4, 0.5) is 0 Å². The van der Waals surface area contributed by atoms with Crippen LogP contribution in [0.1, 0.15) is 27.7 Å². The Kier molecular flexibility index (Phi) is 8.80. The van der Waals surface area contributed by atoms with E-state index in [1.807, 2.05) is 32.6 Å². The summed E-state index contributed by atoms with van der Waals surface area (Å²) in [6, 6.07) is 0. The molecule has 10 heteroatoms. The van der Waals surface area contributed by atoms with E-state index >= 15 is 0 Å². The maximum atomic E-state index is 11.5. The van der Waals surface area contributed by atoms with Gasteiger partial charge in [0.25, 0.3) is 0 Å². The molecule has 0 aliphatic carbocycles. The van der Waals surface area contributed by atoms with E-state index in [-0.39, 0.29) is 19.6 Å². The lowest BCUT2D eigenvalue weighted by Crippen LogP contribution is -2.68. The molecule has 1 rings (SSSR count). The number of hydrogen-bond donors (Lipinski definition) is 4.